The molecule has 0 atom stereocenters. The molecule has 1 saturated heterocycles. The summed E-state index contributed by atoms with van der Waals surface area (Å²) in [6.07, 6.45) is -1.42. The van der Waals surface area contributed by atoms with E-state index in [0.29, 0.717) is 0 Å². The molecular formula is C2H3NO5S. The summed E-state index contributed by atoms with van der Waals surface area (Å²) in [7, 11) is -3.88. The molecule has 0 aromatic heterocycles. The average Bonchev–Trinajstić information content (AvgIpc) is 1.59. The van der Waals surface area contributed by atoms with Crippen LogP contribution >= 0.6 is 0 Å². The highest BCUT2D eigenvalue weighted by Gasteiger charge is 2.40. The standard InChI is InChI=1S/C2H3NO5S/c3-1(4)2-7-9(5,6)8-2/h2H,(H2,3,4). The zero-order chi connectivity index (χ0) is 7.07. The van der Waals surface area contributed by atoms with Crippen LogP contribution in [0.4, 0.5) is 0 Å². The summed E-state index contributed by atoms with van der Waals surface area (Å²) in [6.45, 7) is 0. The van der Waals surface area contributed by atoms with Crippen LogP contribution in [0, 0.1) is 0 Å². The molecule has 52 valence electrons. The van der Waals surface area contributed by atoms with Crippen molar-refractivity contribution in [2.24, 2.45) is 5.73 Å². The van der Waals surface area contributed by atoms with Gasteiger partial charge < -0.3 is 5.73 Å². The lowest BCUT2D eigenvalue weighted by atomic mass is 10.6. The van der Waals surface area contributed by atoms with Crippen molar-refractivity contribution >= 4 is 16.3 Å². The second-order valence-corrected chi connectivity index (χ2v) is 2.54. The molecule has 0 aliphatic carbocycles. The van der Waals surface area contributed by atoms with Gasteiger partial charge in [0, 0.05) is 0 Å². The molecule has 1 fully saturated rings. The van der Waals surface area contributed by atoms with E-state index >= 15 is 0 Å². The van der Waals surface area contributed by atoms with Gasteiger partial charge in [-0.3, -0.25) is 4.79 Å². The molecule has 1 amide bonds. The molecule has 0 aromatic rings. The van der Waals surface area contributed by atoms with Crippen molar-refractivity contribution in [1.82, 2.24) is 0 Å². The van der Waals surface area contributed by atoms with E-state index in [4.69, 9.17) is 0 Å². The normalized spacial score (nSPS) is 24.9. The van der Waals surface area contributed by atoms with Gasteiger partial charge in [0.15, 0.2) is 0 Å². The summed E-state index contributed by atoms with van der Waals surface area (Å²) in [5, 5.41) is 0. The first-order valence-corrected chi connectivity index (χ1v) is 3.25. The van der Waals surface area contributed by atoms with Crippen LogP contribution in [0.15, 0.2) is 0 Å². The van der Waals surface area contributed by atoms with Crippen LogP contribution in [0.2, 0.25) is 0 Å². The SMILES string of the molecule is NC(=O)C1OS(=O)(=O)O1. The van der Waals surface area contributed by atoms with Gasteiger partial charge >= 0.3 is 10.4 Å². The molecule has 0 spiro atoms. The fraction of sp³-hybridized carbons (Fsp3) is 0.500. The third-order valence-corrected chi connectivity index (χ3v) is 1.46. The minimum absolute atomic E-state index is 0.954. The predicted octanol–water partition coefficient (Wildman–Crippen LogP) is -1.91. The number of nitrogens with two attached hydrogens (primary N) is 1. The molecule has 6 nitrogen and oxygen atoms in total. The number of carbonyl (C=O) groups excluding carboxylic acids is 1. The second-order valence-electron chi connectivity index (χ2n) is 1.33. The lowest BCUT2D eigenvalue weighted by Gasteiger charge is -2.21. The Hall–Kier alpha value is -0.660. The van der Waals surface area contributed by atoms with Crippen LogP contribution in [-0.4, -0.2) is 20.6 Å². The number of rotatable bonds is 1. The number of carbonyl (C=O) groups is 1. The van der Waals surface area contributed by atoms with Gasteiger partial charge in [0.05, 0.1) is 0 Å². The van der Waals surface area contributed by atoms with Crippen molar-refractivity contribution in [3.63, 3.8) is 0 Å². The fourth-order valence-corrected chi connectivity index (χ4v) is 0.948. The van der Waals surface area contributed by atoms with Crippen molar-refractivity contribution in [3.8, 4) is 0 Å². The van der Waals surface area contributed by atoms with Crippen LogP contribution in [0.1, 0.15) is 0 Å². The minimum atomic E-state index is -3.88. The Bertz CT molecular complexity index is 217. The molecule has 1 heterocycles. The topological polar surface area (TPSA) is 95.7 Å². The smallest absolute Gasteiger partial charge is 0.365 e. The molecule has 0 bridgehead atoms. The second kappa shape index (κ2) is 1.66. The van der Waals surface area contributed by atoms with Crippen LogP contribution in [0.3, 0.4) is 0 Å². The molecule has 1 aliphatic heterocycles. The van der Waals surface area contributed by atoms with Gasteiger partial charge in [-0.15, -0.1) is 0 Å². The Morgan fingerprint density at radius 3 is 2.00 bits per heavy atom. The van der Waals surface area contributed by atoms with E-state index in [-0.39, 0.29) is 0 Å². The average molecular weight is 153 g/mol. The van der Waals surface area contributed by atoms with Gasteiger partial charge in [-0.2, -0.15) is 8.42 Å². The van der Waals surface area contributed by atoms with Gasteiger partial charge in [-0.05, 0) is 0 Å². The zero-order valence-electron chi connectivity index (χ0n) is 4.10. The third-order valence-electron chi connectivity index (χ3n) is 0.643. The van der Waals surface area contributed by atoms with E-state index in [2.05, 4.69) is 14.1 Å². The first kappa shape index (κ1) is 6.46. The van der Waals surface area contributed by atoms with Crippen LogP contribution in [0.5, 0.6) is 0 Å². The van der Waals surface area contributed by atoms with E-state index in [1.165, 1.54) is 0 Å². The lowest BCUT2D eigenvalue weighted by Crippen LogP contribution is -2.45. The fourth-order valence-electron chi connectivity index (χ4n) is 0.316. The Morgan fingerprint density at radius 1 is 1.44 bits per heavy atom. The number of hydrogen-bond donors (Lipinski definition) is 1. The molecule has 1 rings (SSSR count). The summed E-state index contributed by atoms with van der Waals surface area (Å²) in [5.41, 5.74) is 4.57. The van der Waals surface area contributed by atoms with E-state index in [0.717, 1.165) is 0 Å². The quantitative estimate of drug-likeness (QED) is 0.474. The van der Waals surface area contributed by atoms with Crippen LogP contribution in [-0.2, 0) is 23.6 Å². The maximum absolute atomic E-state index is 9.98. The largest absolute Gasteiger partial charge is 0.405 e. The van der Waals surface area contributed by atoms with Crippen molar-refractivity contribution < 1.29 is 21.6 Å². The number of hydrogen-bond acceptors (Lipinski definition) is 5. The molecule has 0 unspecified atom stereocenters. The summed E-state index contributed by atoms with van der Waals surface area (Å²) in [5.74, 6) is -0.954. The van der Waals surface area contributed by atoms with Gasteiger partial charge in [0.1, 0.15) is 0 Å². The predicted molar refractivity (Wildman–Crippen MR) is 24.1 cm³/mol. The summed E-state index contributed by atoms with van der Waals surface area (Å²) in [4.78, 5) is 9.98. The molecule has 7 heteroatoms. The number of primary amides is 1. The number of amides is 1. The third kappa shape index (κ3) is 1.18. The summed E-state index contributed by atoms with van der Waals surface area (Å²) >= 11 is 0. The molecule has 0 radical (unpaired) electrons. The van der Waals surface area contributed by atoms with Gasteiger partial charge in [0.25, 0.3) is 12.2 Å². The highest BCUT2D eigenvalue weighted by atomic mass is 32.3. The molecular weight excluding hydrogens is 150 g/mol. The van der Waals surface area contributed by atoms with Crippen LogP contribution in [0.25, 0.3) is 0 Å². The van der Waals surface area contributed by atoms with Gasteiger partial charge in [-0.1, -0.05) is 0 Å². The van der Waals surface area contributed by atoms with Crippen molar-refractivity contribution in [2.45, 2.75) is 6.29 Å². The van der Waals surface area contributed by atoms with Crippen molar-refractivity contribution in [2.75, 3.05) is 0 Å². The van der Waals surface area contributed by atoms with E-state index in [1.54, 1.807) is 0 Å². The first-order valence-electron chi connectivity index (χ1n) is 1.92. The maximum atomic E-state index is 9.98. The highest BCUT2D eigenvalue weighted by Crippen LogP contribution is 2.16. The van der Waals surface area contributed by atoms with Gasteiger partial charge in [-0.25, -0.2) is 8.37 Å². The van der Waals surface area contributed by atoms with E-state index < -0.39 is 22.6 Å². The van der Waals surface area contributed by atoms with E-state index in [1.807, 2.05) is 0 Å². The van der Waals surface area contributed by atoms with Crippen molar-refractivity contribution in [1.29, 1.82) is 0 Å². The molecule has 9 heavy (non-hydrogen) atoms. The van der Waals surface area contributed by atoms with Crippen LogP contribution < -0.4 is 5.73 Å². The minimum Gasteiger partial charge on any atom is -0.365 e. The van der Waals surface area contributed by atoms with Crippen molar-refractivity contribution in [3.05, 3.63) is 0 Å². The summed E-state index contributed by atoms with van der Waals surface area (Å²) < 4.78 is 27.6. The monoisotopic (exact) mass is 153 g/mol. The maximum Gasteiger partial charge on any atom is 0.405 e. The summed E-state index contributed by atoms with van der Waals surface area (Å²) in [6, 6.07) is 0. The molecule has 1 aliphatic rings. The Morgan fingerprint density at radius 2 is 1.89 bits per heavy atom. The molecule has 0 aromatic carbocycles. The highest BCUT2D eigenvalue weighted by molar-refractivity contribution is 7.82. The first-order chi connectivity index (χ1) is 4.01. The Kier molecular flexibility index (Phi) is 1.19. The molecule has 0 saturated carbocycles. The lowest BCUT2D eigenvalue weighted by molar-refractivity contribution is -0.150. The Labute approximate surface area is 50.9 Å². The van der Waals surface area contributed by atoms with E-state index in [9.17, 15) is 13.2 Å². The molecule has 2 N–H and O–H groups in total. The Balaban J connectivity index is 2.55. The zero-order valence-corrected chi connectivity index (χ0v) is 4.92. The van der Waals surface area contributed by atoms with Gasteiger partial charge in [0.2, 0.25) is 0 Å².